The minimum absolute atomic E-state index is 0.0227. The minimum atomic E-state index is -4.13. The summed E-state index contributed by atoms with van der Waals surface area (Å²) in [5.41, 5.74) is 3.14. The summed E-state index contributed by atoms with van der Waals surface area (Å²) in [4.78, 5) is 24.5. The van der Waals surface area contributed by atoms with E-state index < -0.39 is 25.1 Å². The molecule has 1 heterocycles. The molecule has 2 aromatic carbocycles. The molecule has 1 aliphatic heterocycles. The van der Waals surface area contributed by atoms with E-state index in [2.05, 4.69) is 17.2 Å². The van der Waals surface area contributed by atoms with Crippen molar-refractivity contribution in [3.63, 3.8) is 0 Å². The van der Waals surface area contributed by atoms with Gasteiger partial charge in [-0.1, -0.05) is 29.5 Å². The Kier molecular flexibility index (Phi) is 6.77. The monoisotopic (exact) mass is 457 g/mol. The van der Waals surface area contributed by atoms with Crippen LogP contribution in [0.3, 0.4) is 0 Å². The van der Waals surface area contributed by atoms with E-state index >= 15 is 0 Å². The number of hydrogen-bond acceptors (Lipinski definition) is 6. The Morgan fingerprint density at radius 1 is 1.10 bits per heavy atom. The van der Waals surface area contributed by atoms with E-state index in [9.17, 15) is 18.0 Å². The van der Waals surface area contributed by atoms with E-state index in [4.69, 9.17) is 4.74 Å². The van der Waals surface area contributed by atoms with Crippen LogP contribution in [0.1, 0.15) is 36.0 Å². The Balaban J connectivity index is 1.81. The number of amides is 2. The fourth-order valence-corrected chi connectivity index (χ4v) is 6.72. The average Bonchev–Trinajstić information content (AvgIpc) is 3.03. The Labute approximate surface area is 186 Å². The molecule has 1 atom stereocenters. The van der Waals surface area contributed by atoms with Crippen LogP contribution in [0.15, 0.2) is 47.4 Å². The predicted molar refractivity (Wildman–Crippen MR) is 121 cm³/mol. The molecule has 1 N–H and O–H groups in total. The number of imide groups is 1. The van der Waals surface area contributed by atoms with E-state index in [0.29, 0.717) is 30.4 Å². The standard InChI is InChI=1S/C23H23NO5S2/c1-16-8-9-18(17(2)15-16)7-5-4-6-14-23(21(25)24-22(26)30-23)31(27,28)20-12-10-19(29-3)11-13-20/h8-13,15H,4,6,14H2,1-3H3,(H,24,25,26). The van der Waals surface area contributed by atoms with Gasteiger partial charge in [-0.25, -0.2) is 8.42 Å². The summed E-state index contributed by atoms with van der Waals surface area (Å²) < 4.78 is 29.9. The van der Waals surface area contributed by atoms with Gasteiger partial charge in [-0.3, -0.25) is 14.9 Å². The summed E-state index contributed by atoms with van der Waals surface area (Å²) in [6.07, 6.45) is 0.724. The molecule has 0 aliphatic carbocycles. The zero-order valence-electron chi connectivity index (χ0n) is 17.5. The molecule has 1 fully saturated rings. The van der Waals surface area contributed by atoms with E-state index in [1.54, 1.807) is 0 Å². The topological polar surface area (TPSA) is 89.5 Å². The number of sulfone groups is 1. The van der Waals surface area contributed by atoms with Crippen molar-refractivity contribution in [2.45, 2.75) is 42.1 Å². The first kappa shape index (κ1) is 22.9. The number of aryl methyl sites for hydroxylation is 2. The maximum Gasteiger partial charge on any atom is 0.287 e. The Hall–Kier alpha value is -2.76. The third kappa shape index (κ3) is 4.63. The number of hydrogen-bond donors (Lipinski definition) is 1. The molecule has 0 bridgehead atoms. The predicted octanol–water partition coefficient (Wildman–Crippen LogP) is 3.99. The Morgan fingerprint density at radius 2 is 1.81 bits per heavy atom. The minimum Gasteiger partial charge on any atom is -0.497 e. The lowest BCUT2D eigenvalue weighted by atomic mass is 10.1. The van der Waals surface area contributed by atoms with Gasteiger partial charge in [-0.2, -0.15) is 0 Å². The van der Waals surface area contributed by atoms with Gasteiger partial charge >= 0.3 is 0 Å². The van der Waals surface area contributed by atoms with Crippen LogP contribution in [0.25, 0.3) is 0 Å². The van der Waals surface area contributed by atoms with Crippen molar-refractivity contribution in [1.82, 2.24) is 5.32 Å². The fourth-order valence-electron chi connectivity index (χ4n) is 3.35. The second-order valence-electron chi connectivity index (χ2n) is 7.25. The van der Waals surface area contributed by atoms with Crippen LogP contribution in [0, 0.1) is 25.7 Å². The molecule has 1 saturated heterocycles. The lowest BCUT2D eigenvalue weighted by Crippen LogP contribution is -2.43. The van der Waals surface area contributed by atoms with Crippen LogP contribution < -0.4 is 10.1 Å². The zero-order chi connectivity index (χ0) is 22.6. The maximum absolute atomic E-state index is 13.4. The van der Waals surface area contributed by atoms with Crippen molar-refractivity contribution >= 4 is 32.7 Å². The van der Waals surface area contributed by atoms with Crippen LogP contribution in [0.4, 0.5) is 4.79 Å². The molecular weight excluding hydrogens is 434 g/mol. The number of thioether (sulfide) groups is 1. The van der Waals surface area contributed by atoms with Crippen LogP contribution in [0.5, 0.6) is 5.75 Å². The molecule has 31 heavy (non-hydrogen) atoms. The fraction of sp³-hybridized carbons (Fsp3) is 0.304. The van der Waals surface area contributed by atoms with Crippen molar-refractivity contribution in [3.8, 4) is 17.6 Å². The van der Waals surface area contributed by atoms with Crippen molar-refractivity contribution < 1.29 is 22.7 Å². The molecule has 2 amide bonds. The van der Waals surface area contributed by atoms with Gasteiger partial charge in [0, 0.05) is 12.0 Å². The summed E-state index contributed by atoms with van der Waals surface area (Å²) in [7, 11) is -2.66. The highest BCUT2D eigenvalue weighted by molar-refractivity contribution is 8.25. The summed E-state index contributed by atoms with van der Waals surface area (Å²) in [5, 5.41) is 1.47. The number of rotatable bonds is 6. The zero-order valence-corrected chi connectivity index (χ0v) is 19.2. The highest BCUT2D eigenvalue weighted by Gasteiger charge is 2.57. The maximum atomic E-state index is 13.4. The van der Waals surface area contributed by atoms with Gasteiger partial charge in [0.05, 0.1) is 12.0 Å². The number of carbonyl (C=O) groups excluding carboxylic acids is 2. The molecule has 0 spiro atoms. The summed E-state index contributed by atoms with van der Waals surface area (Å²) >= 11 is 0.524. The molecule has 6 nitrogen and oxygen atoms in total. The first-order chi connectivity index (χ1) is 14.7. The second-order valence-corrected chi connectivity index (χ2v) is 11.0. The van der Waals surface area contributed by atoms with Gasteiger partial charge in [0.2, 0.25) is 13.9 Å². The number of nitrogens with one attached hydrogen (secondary N) is 1. The van der Waals surface area contributed by atoms with Crippen molar-refractivity contribution in [2.24, 2.45) is 0 Å². The number of carbonyl (C=O) groups is 2. The van der Waals surface area contributed by atoms with E-state index in [1.807, 2.05) is 32.0 Å². The first-order valence-corrected chi connectivity index (χ1v) is 12.0. The molecule has 0 aromatic heterocycles. The molecule has 0 saturated carbocycles. The van der Waals surface area contributed by atoms with Crippen LogP contribution in [0.2, 0.25) is 0 Å². The lowest BCUT2D eigenvalue weighted by molar-refractivity contribution is -0.120. The van der Waals surface area contributed by atoms with Gasteiger partial charge in [0.1, 0.15) is 5.75 Å². The number of methoxy groups -OCH3 is 1. The van der Waals surface area contributed by atoms with E-state index in [0.717, 1.165) is 16.7 Å². The van der Waals surface area contributed by atoms with Crippen LogP contribution in [-0.2, 0) is 14.6 Å². The van der Waals surface area contributed by atoms with Crippen molar-refractivity contribution in [3.05, 3.63) is 59.2 Å². The van der Waals surface area contributed by atoms with E-state index in [1.165, 1.54) is 31.4 Å². The van der Waals surface area contributed by atoms with Crippen LogP contribution >= 0.6 is 11.8 Å². The smallest absolute Gasteiger partial charge is 0.287 e. The van der Waals surface area contributed by atoms with Crippen LogP contribution in [-0.4, -0.2) is 30.8 Å². The molecule has 2 aromatic rings. The highest BCUT2D eigenvalue weighted by Crippen LogP contribution is 2.44. The molecule has 0 radical (unpaired) electrons. The van der Waals surface area contributed by atoms with Crippen molar-refractivity contribution in [2.75, 3.05) is 7.11 Å². The molecule has 1 aliphatic rings. The normalized spacial score (nSPS) is 18.3. The van der Waals surface area contributed by atoms with Gasteiger partial charge in [0.25, 0.3) is 11.1 Å². The van der Waals surface area contributed by atoms with E-state index in [-0.39, 0.29) is 11.3 Å². The third-order valence-electron chi connectivity index (χ3n) is 5.04. The quantitative estimate of drug-likeness (QED) is 0.521. The SMILES string of the molecule is COc1ccc(S(=O)(=O)C2(CCCC#Cc3ccc(C)cc3C)SC(=O)NC2=O)cc1. The average molecular weight is 458 g/mol. The summed E-state index contributed by atoms with van der Waals surface area (Å²) in [5.74, 6) is 5.83. The molecule has 162 valence electrons. The molecule has 1 unspecified atom stereocenters. The van der Waals surface area contributed by atoms with Gasteiger partial charge in [-0.05, 0) is 74.3 Å². The third-order valence-corrected chi connectivity index (χ3v) is 9.10. The number of unbranched alkanes of at least 4 members (excludes halogenated alkanes) is 1. The summed E-state index contributed by atoms with van der Waals surface area (Å²) in [6.45, 7) is 4.00. The Bertz CT molecular complexity index is 1180. The number of benzene rings is 2. The number of ether oxygens (including phenoxy) is 1. The molecule has 3 rings (SSSR count). The van der Waals surface area contributed by atoms with Gasteiger partial charge < -0.3 is 4.74 Å². The van der Waals surface area contributed by atoms with Crippen molar-refractivity contribution in [1.29, 1.82) is 0 Å². The Morgan fingerprint density at radius 3 is 2.39 bits per heavy atom. The van der Waals surface area contributed by atoms with Gasteiger partial charge in [-0.15, -0.1) is 0 Å². The first-order valence-electron chi connectivity index (χ1n) is 9.69. The molecule has 8 heteroatoms. The largest absolute Gasteiger partial charge is 0.497 e. The highest BCUT2D eigenvalue weighted by atomic mass is 32.3. The summed E-state index contributed by atoms with van der Waals surface area (Å²) in [6, 6.07) is 11.8. The van der Waals surface area contributed by atoms with Gasteiger partial charge in [0.15, 0.2) is 0 Å². The molecular formula is C23H23NO5S2. The second kappa shape index (κ2) is 9.16. The lowest BCUT2D eigenvalue weighted by Gasteiger charge is -2.24.